The molecular formula is C11H12F4N2OS2. The van der Waals surface area contributed by atoms with Crippen molar-refractivity contribution in [3.05, 3.63) is 23.5 Å². The minimum atomic E-state index is -4.29. The fourth-order valence-electron chi connectivity index (χ4n) is 1.29. The quantitative estimate of drug-likeness (QED) is 0.488. The molecule has 0 unspecified atom stereocenters. The average molecular weight is 328 g/mol. The van der Waals surface area contributed by atoms with E-state index in [0.717, 1.165) is 17.8 Å². The van der Waals surface area contributed by atoms with Crippen molar-refractivity contribution in [3.63, 3.8) is 0 Å². The van der Waals surface area contributed by atoms with E-state index in [2.05, 4.69) is 5.32 Å². The van der Waals surface area contributed by atoms with E-state index >= 15 is 0 Å². The van der Waals surface area contributed by atoms with E-state index in [9.17, 15) is 22.4 Å². The molecule has 1 amide bonds. The molecule has 1 aromatic rings. The van der Waals surface area contributed by atoms with Crippen LogP contribution in [0.5, 0.6) is 0 Å². The molecule has 0 atom stereocenters. The van der Waals surface area contributed by atoms with Gasteiger partial charge < -0.3 is 11.1 Å². The summed E-state index contributed by atoms with van der Waals surface area (Å²) in [5.41, 5.74) is 5.36. The summed E-state index contributed by atoms with van der Waals surface area (Å²) < 4.78 is 50.1. The lowest BCUT2D eigenvalue weighted by Crippen LogP contribution is -2.11. The number of primary amides is 1. The second kappa shape index (κ2) is 7.07. The standard InChI is InChI=1S/C11H12F4N2OS2/c1-6-2-7(12)8(17-5-20-10(16)18)3-9(6)19-4-11(13,14)15/h2-3,17H,4-5H2,1H3,(H2,16,18). The van der Waals surface area contributed by atoms with Gasteiger partial charge in [0.2, 0.25) is 0 Å². The zero-order valence-electron chi connectivity index (χ0n) is 10.4. The Hall–Kier alpha value is -1.09. The highest BCUT2D eigenvalue weighted by molar-refractivity contribution is 8.13. The van der Waals surface area contributed by atoms with Crippen molar-refractivity contribution in [2.45, 2.75) is 18.0 Å². The first kappa shape index (κ1) is 17.0. The Kier molecular flexibility index (Phi) is 6.00. The fraction of sp³-hybridized carbons (Fsp3) is 0.364. The molecule has 0 bridgehead atoms. The molecule has 1 rings (SSSR count). The minimum absolute atomic E-state index is 0.0361. The predicted octanol–water partition coefficient (Wildman–Crippen LogP) is 3.97. The highest BCUT2D eigenvalue weighted by Gasteiger charge is 2.27. The summed E-state index contributed by atoms with van der Waals surface area (Å²) in [6, 6.07) is 2.44. The van der Waals surface area contributed by atoms with Crippen molar-refractivity contribution in [1.82, 2.24) is 0 Å². The van der Waals surface area contributed by atoms with Gasteiger partial charge in [-0.15, -0.1) is 11.8 Å². The number of hydrogen-bond donors (Lipinski definition) is 2. The molecule has 0 radical (unpaired) electrons. The average Bonchev–Trinajstić information content (AvgIpc) is 2.28. The molecule has 20 heavy (non-hydrogen) atoms. The predicted molar refractivity (Wildman–Crippen MR) is 73.6 cm³/mol. The summed E-state index contributed by atoms with van der Waals surface area (Å²) in [6.07, 6.45) is -4.29. The monoisotopic (exact) mass is 328 g/mol. The van der Waals surface area contributed by atoms with Crippen LogP contribution in [0, 0.1) is 12.7 Å². The molecule has 0 fully saturated rings. The maximum absolute atomic E-state index is 13.6. The molecule has 9 heteroatoms. The number of benzene rings is 1. The number of anilines is 1. The van der Waals surface area contributed by atoms with Crippen LogP contribution in [0.2, 0.25) is 0 Å². The molecule has 3 N–H and O–H groups in total. The number of halogens is 4. The topological polar surface area (TPSA) is 55.1 Å². The molecule has 1 aromatic carbocycles. The summed E-state index contributed by atoms with van der Waals surface area (Å²) in [5, 5.41) is 1.97. The molecule has 3 nitrogen and oxygen atoms in total. The summed E-state index contributed by atoms with van der Waals surface area (Å²) >= 11 is 1.32. The van der Waals surface area contributed by atoms with Crippen LogP contribution < -0.4 is 11.1 Å². The van der Waals surface area contributed by atoms with Gasteiger partial charge >= 0.3 is 6.18 Å². The summed E-state index contributed by atoms with van der Waals surface area (Å²) in [5.74, 6) is -1.60. The number of thioether (sulfide) groups is 2. The van der Waals surface area contributed by atoms with Crippen molar-refractivity contribution in [2.24, 2.45) is 5.73 Å². The zero-order valence-corrected chi connectivity index (χ0v) is 12.0. The Morgan fingerprint density at radius 2 is 2.05 bits per heavy atom. The van der Waals surface area contributed by atoms with Crippen LogP contribution in [0.4, 0.5) is 28.0 Å². The van der Waals surface area contributed by atoms with Crippen LogP contribution in [0.1, 0.15) is 5.56 Å². The summed E-state index contributed by atoms with van der Waals surface area (Å²) in [6.45, 7) is 1.53. The second-order valence-corrected chi connectivity index (χ2v) is 5.78. The van der Waals surface area contributed by atoms with Gasteiger partial charge in [-0.25, -0.2) is 4.39 Å². The van der Waals surface area contributed by atoms with Gasteiger partial charge in [-0.05, 0) is 36.4 Å². The van der Waals surface area contributed by atoms with Crippen LogP contribution in [-0.4, -0.2) is 23.0 Å². The smallest absolute Gasteiger partial charge is 0.373 e. The molecule has 0 aromatic heterocycles. The van der Waals surface area contributed by atoms with Gasteiger partial charge in [0, 0.05) is 4.90 Å². The summed E-state index contributed by atoms with van der Waals surface area (Å²) in [7, 11) is 0. The lowest BCUT2D eigenvalue weighted by molar-refractivity contribution is -0.105. The lowest BCUT2D eigenvalue weighted by atomic mass is 10.2. The SMILES string of the molecule is Cc1cc(F)c(NCSC(N)=O)cc1SCC(F)(F)F. The third-order valence-corrected chi connectivity index (χ3v) is 3.93. The molecule has 0 aliphatic rings. The van der Waals surface area contributed by atoms with Crippen molar-refractivity contribution in [3.8, 4) is 0 Å². The first-order valence-corrected chi connectivity index (χ1v) is 7.32. The first-order valence-electron chi connectivity index (χ1n) is 5.35. The maximum Gasteiger partial charge on any atom is 0.398 e. The number of aryl methyl sites for hydroxylation is 1. The van der Waals surface area contributed by atoms with Gasteiger partial charge in [-0.1, -0.05) is 0 Å². The third kappa shape index (κ3) is 5.91. The van der Waals surface area contributed by atoms with Gasteiger partial charge in [0.1, 0.15) is 5.82 Å². The number of carbonyl (C=O) groups is 1. The van der Waals surface area contributed by atoms with Crippen molar-refractivity contribution < 1.29 is 22.4 Å². The number of hydrogen-bond acceptors (Lipinski definition) is 4. The van der Waals surface area contributed by atoms with Gasteiger partial charge in [-0.3, -0.25) is 4.79 Å². The number of alkyl halides is 3. The Labute approximate surface area is 121 Å². The largest absolute Gasteiger partial charge is 0.398 e. The number of nitrogens with two attached hydrogens (primary N) is 1. The van der Waals surface area contributed by atoms with Crippen LogP contribution in [0.25, 0.3) is 0 Å². The van der Waals surface area contributed by atoms with Crippen molar-refractivity contribution in [1.29, 1.82) is 0 Å². The Morgan fingerprint density at radius 3 is 2.60 bits per heavy atom. The molecule has 0 heterocycles. The van der Waals surface area contributed by atoms with E-state index in [-0.39, 0.29) is 11.6 Å². The van der Waals surface area contributed by atoms with Gasteiger partial charge in [-0.2, -0.15) is 13.2 Å². The molecular weight excluding hydrogens is 316 g/mol. The van der Waals surface area contributed by atoms with E-state index in [1.807, 2.05) is 0 Å². The minimum Gasteiger partial charge on any atom is -0.373 e. The van der Waals surface area contributed by atoms with E-state index < -0.39 is 23.0 Å². The second-order valence-electron chi connectivity index (χ2n) is 3.79. The van der Waals surface area contributed by atoms with Crippen LogP contribution in [-0.2, 0) is 0 Å². The third-order valence-electron chi connectivity index (χ3n) is 2.13. The lowest BCUT2D eigenvalue weighted by Gasteiger charge is -2.12. The van der Waals surface area contributed by atoms with E-state index in [1.165, 1.54) is 13.0 Å². The number of rotatable bonds is 5. The first-order chi connectivity index (χ1) is 9.19. The Balaban J connectivity index is 2.78. The van der Waals surface area contributed by atoms with E-state index in [1.54, 1.807) is 0 Å². The molecule has 0 saturated heterocycles. The normalized spacial score (nSPS) is 11.4. The van der Waals surface area contributed by atoms with E-state index in [0.29, 0.717) is 22.2 Å². The van der Waals surface area contributed by atoms with Crippen molar-refractivity contribution in [2.75, 3.05) is 16.9 Å². The number of carbonyl (C=O) groups excluding carboxylic acids is 1. The Morgan fingerprint density at radius 1 is 1.40 bits per heavy atom. The van der Waals surface area contributed by atoms with E-state index in [4.69, 9.17) is 5.73 Å². The van der Waals surface area contributed by atoms with Gasteiger partial charge in [0.25, 0.3) is 5.24 Å². The van der Waals surface area contributed by atoms with Crippen LogP contribution >= 0.6 is 23.5 Å². The number of nitrogens with one attached hydrogen (secondary N) is 1. The fourth-order valence-corrected chi connectivity index (χ4v) is 2.47. The zero-order chi connectivity index (χ0) is 15.3. The van der Waals surface area contributed by atoms with Gasteiger partial charge in [0.15, 0.2) is 0 Å². The Bertz CT molecular complexity index is 494. The molecule has 0 spiro atoms. The van der Waals surface area contributed by atoms with Crippen LogP contribution in [0.15, 0.2) is 17.0 Å². The molecule has 0 aliphatic carbocycles. The molecule has 0 saturated carbocycles. The summed E-state index contributed by atoms with van der Waals surface area (Å²) in [4.78, 5) is 10.9. The van der Waals surface area contributed by atoms with Gasteiger partial charge in [0.05, 0.1) is 17.3 Å². The molecule has 112 valence electrons. The number of amides is 1. The highest BCUT2D eigenvalue weighted by Crippen LogP contribution is 2.32. The van der Waals surface area contributed by atoms with Crippen LogP contribution in [0.3, 0.4) is 0 Å². The van der Waals surface area contributed by atoms with Crippen molar-refractivity contribution >= 4 is 34.5 Å². The highest BCUT2D eigenvalue weighted by atomic mass is 32.2. The maximum atomic E-state index is 13.6. The molecule has 0 aliphatic heterocycles.